The lowest BCUT2D eigenvalue weighted by Crippen LogP contribution is -2.00. The molecule has 3 heteroatoms. The first-order chi connectivity index (χ1) is 7.24. The van der Waals surface area contributed by atoms with Gasteiger partial charge in [-0.2, -0.15) is 0 Å². The molecule has 0 amide bonds. The van der Waals surface area contributed by atoms with Crippen LogP contribution in [0.3, 0.4) is 0 Å². The van der Waals surface area contributed by atoms with Crippen molar-refractivity contribution in [3.63, 3.8) is 0 Å². The van der Waals surface area contributed by atoms with Gasteiger partial charge in [0.1, 0.15) is 0 Å². The second kappa shape index (κ2) is 4.79. The Morgan fingerprint density at radius 2 is 2.07 bits per heavy atom. The lowest BCUT2D eigenvalue weighted by atomic mass is 10.1. The highest BCUT2D eigenvalue weighted by atomic mass is 35.5. The van der Waals surface area contributed by atoms with Crippen LogP contribution in [-0.2, 0) is 4.74 Å². The van der Waals surface area contributed by atoms with E-state index in [9.17, 15) is 0 Å². The van der Waals surface area contributed by atoms with Gasteiger partial charge in [-0.05, 0) is 17.7 Å². The molecular weight excluding hydrogens is 212 g/mol. The van der Waals surface area contributed by atoms with Crippen molar-refractivity contribution in [1.82, 2.24) is 0 Å². The van der Waals surface area contributed by atoms with E-state index in [1.54, 1.807) is 0 Å². The molecule has 1 aliphatic rings. The Labute approximate surface area is 94.1 Å². The maximum absolute atomic E-state index is 9.16. The molecule has 0 bridgehead atoms. The molecule has 0 aromatic heterocycles. The summed E-state index contributed by atoms with van der Waals surface area (Å²) in [5, 5.41) is 9.90. The zero-order valence-corrected chi connectivity index (χ0v) is 9.02. The number of benzene rings is 1. The largest absolute Gasteiger partial charge is 0.368 e. The molecule has 1 heterocycles. The average molecular weight is 225 g/mol. The van der Waals surface area contributed by atoms with Crippen molar-refractivity contribution in [2.24, 2.45) is 5.92 Å². The van der Waals surface area contributed by atoms with Gasteiger partial charge in [0.2, 0.25) is 0 Å². The van der Waals surface area contributed by atoms with Crippen LogP contribution < -0.4 is 0 Å². The molecule has 0 spiro atoms. The number of hydrogen-bond acceptors (Lipinski definition) is 2. The van der Waals surface area contributed by atoms with Crippen LogP contribution in [0.25, 0.3) is 6.08 Å². The minimum atomic E-state index is -0.593. The SMILES string of the molecule is OC1CC(/C=C/c2ccc(Cl)cc2)CO1. The molecule has 15 heavy (non-hydrogen) atoms. The maximum atomic E-state index is 9.16. The standard InChI is InChI=1S/C12H13ClO2/c13-11-5-3-9(4-6-11)1-2-10-7-12(14)15-8-10/h1-6,10,12,14H,7-8H2/b2-1+. The van der Waals surface area contributed by atoms with Gasteiger partial charge in [-0.15, -0.1) is 0 Å². The van der Waals surface area contributed by atoms with E-state index in [-0.39, 0.29) is 0 Å². The van der Waals surface area contributed by atoms with Crippen LogP contribution in [0, 0.1) is 5.92 Å². The average Bonchev–Trinajstić information content (AvgIpc) is 2.64. The first-order valence-electron chi connectivity index (χ1n) is 4.97. The molecule has 0 saturated carbocycles. The molecule has 1 aromatic carbocycles. The third kappa shape index (κ3) is 3.06. The Kier molecular flexibility index (Phi) is 3.41. The summed E-state index contributed by atoms with van der Waals surface area (Å²) in [6.45, 7) is 0.602. The molecule has 1 saturated heterocycles. The van der Waals surface area contributed by atoms with Gasteiger partial charge in [0.15, 0.2) is 6.29 Å². The molecule has 80 valence electrons. The molecule has 1 fully saturated rings. The van der Waals surface area contributed by atoms with Gasteiger partial charge in [-0.1, -0.05) is 35.9 Å². The predicted molar refractivity (Wildman–Crippen MR) is 60.6 cm³/mol. The van der Waals surface area contributed by atoms with Gasteiger partial charge in [0.05, 0.1) is 6.61 Å². The highest BCUT2D eigenvalue weighted by Crippen LogP contribution is 2.20. The topological polar surface area (TPSA) is 29.5 Å². The molecule has 1 aliphatic heterocycles. The highest BCUT2D eigenvalue weighted by Gasteiger charge is 2.20. The summed E-state index contributed by atoms with van der Waals surface area (Å²) in [4.78, 5) is 0. The third-order valence-electron chi connectivity index (χ3n) is 2.44. The summed E-state index contributed by atoms with van der Waals surface area (Å²) in [5.41, 5.74) is 1.11. The zero-order valence-electron chi connectivity index (χ0n) is 8.27. The van der Waals surface area contributed by atoms with Crippen LogP contribution in [-0.4, -0.2) is 18.0 Å². The molecular formula is C12H13ClO2. The zero-order chi connectivity index (χ0) is 10.7. The van der Waals surface area contributed by atoms with Gasteiger partial charge in [0.25, 0.3) is 0 Å². The fourth-order valence-corrected chi connectivity index (χ4v) is 1.71. The fourth-order valence-electron chi connectivity index (χ4n) is 1.58. The Morgan fingerprint density at radius 3 is 2.67 bits per heavy atom. The van der Waals surface area contributed by atoms with Crippen molar-refractivity contribution in [2.75, 3.05) is 6.61 Å². The number of aliphatic hydroxyl groups is 1. The first kappa shape index (κ1) is 10.7. The third-order valence-corrected chi connectivity index (χ3v) is 2.69. The van der Waals surface area contributed by atoms with Gasteiger partial charge in [-0.3, -0.25) is 0 Å². The predicted octanol–water partition coefficient (Wildman–Crippen LogP) is 2.71. The van der Waals surface area contributed by atoms with Crippen LogP contribution in [0.4, 0.5) is 0 Å². The summed E-state index contributed by atoms with van der Waals surface area (Å²) in [7, 11) is 0. The van der Waals surface area contributed by atoms with E-state index < -0.39 is 6.29 Å². The van der Waals surface area contributed by atoms with Gasteiger partial charge in [-0.25, -0.2) is 0 Å². The maximum Gasteiger partial charge on any atom is 0.155 e. The Morgan fingerprint density at radius 1 is 1.33 bits per heavy atom. The quantitative estimate of drug-likeness (QED) is 0.837. The van der Waals surface area contributed by atoms with E-state index >= 15 is 0 Å². The summed E-state index contributed by atoms with van der Waals surface area (Å²) in [6, 6.07) is 7.65. The minimum Gasteiger partial charge on any atom is -0.368 e. The van der Waals surface area contributed by atoms with E-state index in [0.29, 0.717) is 18.9 Å². The first-order valence-corrected chi connectivity index (χ1v) is 5.35. The van der Waals surface area contributed by atoms with E-state index in [4.69, 9.17) is 21.4 Å². The number of aliphatic hydroxyl groups excluding tert-OH is 1. The van der Waals surface area contributed by atoms with E-state index in [0.717, 1.165) is 10.6 Å². The van der Waals surface area contributed by atoms with Crippen LogP contribution in [0.2, 0.25) is 5.02 Å². The summed E-state index contributed by atoms with van der Waals surface area (Å²) in [6.07, 6.45) is 4.19. The molecule has 2 unspecified atom stereocenters. The molecule has 2 atom stereocenters. The summed E-state index contributed by atoms with van der Waals surface area (Å²) < 4.78 is 5.06. The number of halogens is 1. The van der Waals surface area contributed by atoms with Crippen molar-refractivity contribution in [3.05, 3.63) is 40.9 Å². The number of rotatable bonds is 2. The normalized spacial score (nSPS) is 26.3. The Balaban J connectivity index is 1.96. The van der Waals surface area contributed by atoms with E-state index in [1.807, 2.05) is 30.3 Å². The lowest BCUT2D eigenvalue weighted by Gasteiger charge is -1.99. The summed E-state index contributed by atoms with van der Waals surface area (Å²) in [5.74, 6) is 0.315. The minimum absolute atomic E-state index is 0.315. The van der Waals surface area contributed by atoms with Gasteiger partial charge >= 0.3 is 0 Å². The second-order valence-electron chi connectivity index (χ2n) is 3.69. The molecule has 0 radical (unpaired) electrons. The van der Waals surface area contributed by atoms with Crippen molar-refractivity contribution in [1.29, 1.82) is 0 Å². The molecule has 0 aliphatic carbocycles. The van der Waals surface area contributed by atoms with E-state index in [1.165, 1.54) is 0 Å². The molecule has 2 nitrogen and oxygen atoms in total. The van der Waals surface area contributed by atoms with Crippen molar-refractivity contribution in [2.45, 2.75) is 12.7 Å². The fraction of sp³-hybridized carbons (Fsp3) is 0.333. The lowest BCUT2D eigenvalue weighted by molar-refractivity contribution is -0.0590. The van der Waals surface area contributed by atoms with Crippen molar-refractivity contribution in [3.8, 4) is 0 Å². The van der Waals surface area contributed by atoms with Crippen molar-refractivity contribution < 1.29 is 9.84 Å². The molecule has 1 aromatic rings. The summed E-state index contributed by atoms with van der Waals surface area (Å²) >= 11 is 5.78. The van der Waals surface area contributed by atoms with Gasteiger partial charge < -0.3 is 9.84 Å². The second-order valence-corrected chi connectivity index (χ2v) is 4.13. The number of hydrogen-bond donors (Lipinski definition) is 1. The van der Waals surface area contributed by atoms with Crippen LogP contribution in [0.1, 0.15) is 12.0 Å². The molecule has 2 rings (SSSR count). The highest BCUT2D eigenvalue weighted by molar-refractivity contribution is 6.30. The van der Waals surface area contributed by atoms with E-state index in [2.05, 4.69) is 6.08 Å². The monoisotopic (exact) mass is 224 g/mol. The van der Waals surface area contributed by atoms with Crippen molar-refractivity contribution >= 4 is 17.7 Å². The van der Waals surface area contributed by atoms with Crippen LogP contribution in [0.5, 0.6) is 0 Å². The smallest absolute Gasteiger partial charge is 0.155 e. The Bertz CT molecular complexity index is 345. The number of ether oxygens (including phenoxy) is 1. The molecule has 1 N–H and O–H groups in total. The Hall–Kier alpha value is -0.830. The van der Waals surface area contributed by atoms with Gasteiger partial charge in [0, 0.05) is 17.4 Å². The van der Waals surface area contributed by atoms with Crippen LogP contribution >= 0.6 is 11.6 Å². The van der Waals surface area contributed by atoms with Crippen LogP contribution in [0.15, 0.2) is 30.3 Å².